The molecule has 2 aromatic heterocycles. The van der Waals surface area contributed by atoms with Gasteiger partial charge in [0.25, 0.3) is 10.0 Å². The van der Waals surface area contributed by atoms with Gasteiger partial charge in [-0.2, -0.15) is 13.4 Å². The zero-order valence-electron chi connectivity index (χ0n) is 14.7. The average molecular weight is 497 g/mol. The summed E-state index contributed by atoms with van der Waals surface area (Å²) in [5.74, 6) is -0.902. The van der Waals surface area contributed by atoms with E-state index >= 15 is 0 Å². The minimum absolute atomic E-state index is 0.129. The smallest absolute Gasteiger partial charge is 0.297 e. The van der Waals surface area contributed by atoms with E-state index in [0.29, 0.717) is 9.77 Å². The van der Waals surface area contributed by atoms with E-state index in [2.05, 4.69) is 25.7 Å². The van der Waals surface area contributed by atoms with Gasteiger partial charge in [-0.15, -0.1) is 9.19 Å². The van der Waals surface area contributed by atoms with Crippen LogP contribution in [-0.2, 0) is 14.8 Å². The van der Waals surface area contributed by atoms with Crippen LogP contribution >= 0.6 is 46.1 Å². The molecule has 1 aromatic carbocycles. The van der Waals surface area contributed by atoms with E-state index in [9.17, 15) is 13.2 Å². The highest BCUT2D eigenvalue weighted by Gasteiger charge is 2.28. The van der Waals surface area contributed by atoms with Crippen molar-refractivity contribution in [3.05, 3.63) is 32.9 Å². The number of nitrogens with one attached hydrogen (secondary N) is 2. The van der Waals surface area contributed by atoms with Crippen molar-refractivity contribution in [1.29, 1.82) is 0 Å². The lowest BCUT2D eigenvalue weighted by molar-refractivity contribution is -0.114. The van der Waals surface area contributed by atoms with Crippen LogP contribution in [0.25, 0.3) is 0 Å². The summed E-state index contributed by atoms with van der Waals surface area (Å²) in [6, 6.07) is 2.85. The minimum atomic E-state index is -4.21. The molecule has 3 aromatic rings. The third kappa shape index (κ3) is 4.41. The van der Waals surface area contributed by atoms with Gasteiger partial charge in [0.05, 0.1) is 26.4 Å². The third-order valence-electron chi connectivity index (χ3n) is 3.36. The Hall–Kier alpha value is -2.12. The van der Waals surface area contributed by atoms with Crippen molar-refractivity contribution in [2.45, 2.75) is 18.1 Å². The molecule has 0 bridgehead atoms. The first kappa shape index (κ1) is 21.6. The van der Waals surface area contributed by atoms with Gasteiger partial charge in [-0.3, -0.25) is 4.79 Å². The molecule has 3 rings (SSSR count). The number of nitrogens with two attached hydrogens (primary N) is 1. The Morgan fingerprint density at radius 2 is 1.83 bits per heavy atom. The summed E-state index contributed by atoms with van der Waals surface area (Å²) in [4.78, 5) is 19.1. The molecule has 0 unspecified atom stereocenters. The Kier molecular flexibility index (Phi) is 5.92. The van der Waals surface area contributed by atoms with Gasteiger partial charge >= 0.3 is 0 Å². The first-order chi connectivity index (χ1) is 13.5. The van der Waals surface area contributed by atoms with Gasteiger partial charge in [0, 0.05) is 6.92 Å². The van der Waals surface area contributed by atoms with Crippen molar-refractivity contribution in [3.63, 3.8) is 0 Å². The van der Waals surface area contributed by atoms with Gasteiger partial charge in [0.15, 0.2) is 9.34 Å². The molecule has 0 saturated heterocycles. The molecule has 0 saturated carbocycles. The van der Waals surface area contributed by atoms with Gasteiger partial charge in [0.2, 0.25) is 17.8 Å². The molecular weight excluding hydrogens is 485 g/mol. The van der Waals surface area contributed by atoms with Crippen molar-refractivity contribution in [2.75, 3.05) is 16.4 Å². The Bertz CT molecular complexity index is 1220. The molecule has 0 atom stereocenters. The van der Waals surface area contributed by atoms with E-state index in [1.807, 2.05) is 0 Å². The van der Waals surface area contributed by atoms with Crippen LogP contribution in [0, 0.1) is 6.92 Å². The predicted octanol–water partition coefficient (Wildman–Crippen LogP) is 3.52. The molecule has 10 nitrogen and oxygen atoms in total. The topological polar surface area (TPSA) is 145 Å². The second kappa shape index (κ2) is 7.95. The Balaban J connectivity index is 1.97. The van der Waals surface area contributed by atoms with Crippen LogP contribution in [-0.4, -0.2) is 33.5 Å². The molecule has 0 aliphatic heterocycles. The fraction of sp³-hybridized carbons (Fsp3) is 0.143. The molecule has 15 heteroatoms. The molecule has 0 spiro atoms. The number of hydrogen-bond acceptors (Lipinski definition) is 9. The number of thiazole rings is 1. The molecule has 1 amide bonds. The zero-order valence-corrected chi connectivity index (χ0v) is 18.6. The highest BCUT2D eigenvalue weighted by Crippen LogP contribution is 2.34. The number of carbonyl (C=O) groups excluding carboxylic acids is 1. The van der Waals surface area contributed by atoms with Crippen molar-refractivity contribution in [3.8, 4) is 0 Å². The SMILES string of the molecule is CC(=O)Nc1nc(C)c(S(=O)(=O)n2nc(Nc3cc(Cl)c(Cl)cc3Cl)nc2N)s1. The fourth-order valence-electron chi connectivity index (χ4n) is 2.18. The number of anilines is 4. The maximum absolute atomic E-state index is 13.0. The van der Waals surface area contributed by atoms with Gasteiger partial charge in [-0.1, -0.05) is 46.1 Å². The standard InChI is InChI=1S/C14H12Cl3N7O3S2/c1-5-11(28-14(19-5)20-6(2)25)29(26,27)24-12(18)22-13(23-24)21-10-4-8(16)7(15)3-9(10)17/h3-4H,1-2H3,(H,19,20,25)(H3,18,21,22,23). The second-order valence-electron chi connectivity index (χ2n) is 5.59. The number of nitrogens with zero attached hydrogens (tertiary/aromatic N) is 4. The highest BCUT2D eigenvalue weighted by molar-refractivity contribution is 7.92. The van der Waals surface area contributed by atoms with E-state index in [0.717, 1.165) is 11.3 Å². The van der Waals surface area contributed by atoms with E-state index in [1.54, 1.807) is 0 Å². The van der Waals surface area contributed by atoms with Crippen molar-refractivity contribution in [2.24, 2.45) is 0 Å². The zero-order chi connectivity index (χ0) is 21.5. The second-order valence-corrected chi connectivity index (χ2v) is 9.77. The number of aryl methyl sites for hydroxylation is 1. The monoisotopic (exact) mass is 495 g/mol. The lowest BCUT2D eigenvalue weighted by atomic mass is 10.3. The molecule has 29 heavy (non-hydrogen) atoms. The third-order valence-corrected chi connectivity index (χ3v) is 7.63. The van der Waals surface area contributed by atoms with Crippen molar-refractivity contribution in [1.82, 2.24) is 19.2 Å². The summed E-state index contributed by atoms with van der Waals surface area (Å²) in [5, 5.41) is 9.90. The van der Waals surface area contributed by atoms with Gasteiger partial charge < -0.3 is 16.4 Å². The van der Waals surface area contributed by atoms with Gasteiger partial charge in [-0.25, -0.2) is 4.98 Å². The fourth-order valence-corrected chi connectivity index (χ4v) is 5.44. The summed E-state index contributed by atoms with van der Waals surface area (Å²) >= 11 is 18.7. The summed E-state index contributed by atoms with van der Waals surface area (Å²) in [7, 11) is -4.21. The maximum atomic E-state index is 13.0. The normalized spacial score (nSPS) is 11.5. The summed E-state index contributed by atoms with van der Waals surface area (Å²) in [6.07, 6.45) is 0. The lowest BCUT2D eigenvalue weighted by Gasteiger charge is -2.06. The molecule has 0 aliphatic carbocycles. The Morgan fingerprint density at radius 3 is 2.48 bits per heavy atom. The number of aromatic nitrogens is 4. The first-order valence-electron chi connectivity index (χ1n) is 7.63. The molecule has 0 aliphatic rings. The van der Waals surface area contributed by atoms with Crippen LogP contribution in [0.3, 0.4) is 0 Å². The summed E-state index contributed by atoms with van der Waals surface area (Å²) in [6.45, 7) is 2.77. The van der Waals surface area contributed by atoms with Crippen LogP contribution in [0.2, 0.25) is 15.1 Å². The van der Waals surface area contributed by atoms with Crippen LogP contribution in [0.5, 0.6) is 0 Å². The molecule has 0 radical (unpaired) electrons. The molecule has 4 N–H and O–H groups in total. The van der Waals surface area contributed by atoms with Gasteiger partial charge in [-0.05, 0) is 19.1 Å². The van der Waals surface area contributed by atoms with E-state index < -0.39 is 16.0 Å². The number of carbonyl (C=O) groups is 1. The summed E-state index contributed by atoms with van der Waals surface area (Å²) < 4.78 is 26.3. The van der Waals surface area contributed by atoms with E-state index in [4.69, 9.17) is 40.5 Å². The first-order valence-corrected chi connectivity index (χ1v) is 11.0. The Morgan fingerprint density at radius 1 is 1.17 bits per heavy atom. The average Bonchev–Trinajstić information content (AvgIpc) is 3.15. The predicted molar refractivity (Wildman–Crippen MR) is 113 cm³/mol. The minimum Gasteiger partial charge on any atom is -0.367 e. The highest BCUT2D eigenvalue weighted by atomic mass is 35.5. The number of halogens is 3. The Labute approximate surface area is 184 Å². The quantitative estimate of drug-likeness (QED) is 0.455. The van der Waals surface area contributed by atoms with Crippen molar-refractivity contribution >= 4 is 84.8 Å². The number of benzene rings is 1. The number of amides is 1. The largest absolute Gasteiger partial charge is 0.367 e. The summed E-state index contributed by atoms with van der Waals surface area (Å²) in [5.41, 5.74) is 6.23. The molecular formula is C14H12Cl3N7O3S2. The van der Waals surface area contributed by atoms with Crippen molar-refractivity contribution < 1.29 is 13.2 Å². The van der Waals surface area contributed by atoms with Crippen LogP contribution in [0.4, 0.5) is 22.7 Å². The molecule has 2 heterocycles. The van der Waals surface area contributed by atoms with E-state index in [-0.39, 0.29) is 42.0 Å². The molecule has 0 fully saturated rings. The van der Waals surface area contributed by atoms with E-state index in [1.165, 1.54) is 26.0 Å². The number of hydrogen-bond donors (Lipinski definition) is 3. The van der Waals surface area contributed by atoms with Crippen LogP contribution in [0.1, 0.15) is 12.6 Å². The maximum Gasteiger partial charge on any atom is 0.297 e. The number of rotatable bonds is 5. The van der Waals surface area contributed by atoms with Crippen LogP contribution < -0.4 is 16.4 Å². The van der Waals surface area contributed by atoms with Gasteiger partial charge in [0.1, 0.15) is 0 Å². The lowest BCUT2D eigenvalue weighted by Crippen LogP contribution is -2.17. The van der Waals surface area contributed by atoms with Crippen LogP contribution in [0.15, 0.2) is 16.3 Å². The number of nitrogen functional groups attached to an aromatic ring is 1. The molecule has 154 valence electrons.